The van der Waals surface area contributed by atoms with Crippen LogP contribution in [-0.4, -0.2) is 53.2 Å². The zero-order chi connectivity index (χ0) is 12.8. The molecule has 100 valence electrons. The van der Waals surface area contributed by atoms with Crippen LogP contribution >= 0.6 is 0 Å². The highest BCUT2D eigenvalue weighted by Crippen LogP contribution is 2.18. The van der Waals surface area contributed by atoms with Crippen molar-refractivity contribution in [2.75, 3.05) is 26.2 Å². The summed E-state index contributed by atoms with van der Waals surface area (Å²) in [5.74, 6) is 0.740. The minimum atomic E-state index is 0.139. The summed E-state index contributed by atoms with van der Waals surface area (Å²) in [6.07, 6.45) is 2.88. The Morgan fingerprint density at radius 2 is 2.00 bits per heavy atom. The van der Waals surface area contributed by atoms with Crippen molar-refractivity contribution >= 4 is 6.03 Å². The molecule has 0 saturated carbocycles. The molecule has 0 aromatic rings. The first-order valence-electron chi connectivity index (χ1n) is 6.72. The number of likely N-dealkylation sites (tertiary alicyclic amines) is 1. The van der Waals surface area contributed by atoms with Crippen LogP contribution in [0.1, 0.15) is 40.0 Å². The van der Waals surface area contributed by atoms with Crippen LogP contribution in [-0.2, 0) is 0 Å². The van der Waals surface area contributed by atoms with Gasteiger partial charge in [-0.2, -0.15) is 0 Å². The second-order valence-corrected chi connectivity index (χ2v) is 5.32. The Morgan fingerprint density at radius 3 is 2.47 bits per heavy atom. The summed E-state index contributed by atoms with van der Waals surface area (Å²) >= 11 is 0. The smallest absolute Gasteiger partial charge is 0.320 e. The van der Waals surface area contributed by atoms with E-state index in [0.717, 1.165) is 31.8 Å². The molecule has 0 unspecified atom stereocenters. The Labute approximate surface area is 105 Å². The molecule has 0 atom stereocenters. The number of hydrogen-bond donors (Lipinski definition) is 1. The van der Waals surface area contributed by atoms with Crippen LogP contribution in [0, 0.1) is 5.92 Å². The molecule has 0 aromatic carbocycles. The van der Waals surface area contributed by atoms with Gasteiger partial charge in [-0.15, -0.1) is 0 Å². The molecular formula is C13H26N2O2. The third-order valence-electron chi connectivity index (χ3n) is 3.48. The first kappa shape index (κ1) is 14.3. The molecule has 1 saturated heterocycles. The predicted molar refractivity (Wildman–Crippen MR) is 68.9 cm³/mol. The molecule has 17 heavy (non-hydrogen) atoms. The monoisotopic (exact) mass is 242 g/mol. The Hall–Kier alpha value is -0.770. The fourth-order valence-electron chi connectivity index (χ4n) is 2.20. The van der Waals surface area contributed by atoms with E-state index in [1.807, 2.05) is 23.6 Å². The van der Waals surface area contributed by atoms with Crippen molar-refractivity contribution in [1.29, 1.82) is 0 Å². The van der Waals surface area contributed by atoms with Crippen LogP contribution in [0.2, 0.25) is 0 Å². The number of amides is 2. The summed E-state index contributed by atoms with van der Waals surface area (Å²) in [6.45, 7) is 8.86. The van der Waals surface area contributed by atoms with Crippen LogP contribution in [0.3, 0.4) is 0 Å². The van der Waals surface area contributed by atoms with Crippen molar-refractivity contribution in [3.8, 4) is 0 Å². The molecule has 0 aliphatic carbocycles. The quantitative estimate of drug-likeness (QED) is 0.818. The van der Waals surface area contributed by atoms with E-state index in [2.05, 4.69) is 6.92 Å². The summed E-state index contributed by atoms with van der Waals surface area (Å²) in [7, 11) is 0. The van der Waals surface area contributed by atoms with E-state index in [1.54, 1.807) is 0 Å². The Kier molecular flexibility index (Phi) is 5.75. The molecule has 1 N–H and O–H groups in total. The van der Waals surface area contributed by atoms with Crippen molar-refractivity contribution in [2.45, 2.75) is 46.1 Å². The number of nitrogens with zero attached hydrogens (tertiary/aromatic N) is 2. The normalized spacial score (nSPS) is 17.6. The standard InChI is InChI=1S/C13H26N2O2/c1-11(2)15(7-4-10-16)13(17)14-8-5-12(3)6-9-14/h11-12,16H,4-10H2,1-3H3. The number of aliphatic hydroxyl groups is 1. The van der Waals surface area contributed by atoms with Crippen LogP contribution < -0.4 is 0 Å². The van der Waals surface area contributed by atoms with Gasteiger partial charge in [0.25, 0.3) is 0 Å². The molecule has 4 heteroatoms. The van der Waals surface area contributed by atoms with E-state index >= 15 is 0 Å². The fourth-order valence-corrected chi connectivity index (χ4v) is 2.20. The number of carbonyl (C=O) groups is 1. The zero-order valence-corrected chi connectivity index (χ0v) is 11.4. The summed E-state index contributed by atoms with van der Waals surface area (Å²) in [5, 5.41) is 8.87. The lowest BCUT2D eigenvalue weighted by Crippen LogP contribution is -2.49. The highest BCUT2D eigenvalue weighted by molar-refractivity contribution is 5.74. The number of urea groups is 1. The summed E-state index contributed by atoms with van der Waals surface area (Å²) in [5.41, 5.74) is 0. The van der Waals surface area contributed by atoms with Gasteiger partial charge in [-0.25, -0.2) is 4.79 Å². The van der Waals surface area contributed by atoms with Gasteiger partial charge < -0.3 is 14.9 Å². The number of carbonyl (C=O) groups excluding carboxylic acids is 1. The minimum absolute atomic E-state index is 0.139. The zero-order valence-electron chi connectivity index (χ0n) is 11.4. The first-order valence-corrected chi connectivity index (χ1v) is 6.72. The van der Waals surface area contributed by atoms with E-state index in [0.29, 0.717) is 13.0 Å². The molecule has 0 radical (unpaired) electrons. The van der Waals surface area contributed by atoms with Crippen LogP contribution in [0.25, 0.3) is 0 Å². The molecule has 1 rings (SSSR count). The van der Waals surface area contributed by atoms with Gasteiger partial charge in [0.05, 0.1) is 0 Å². The van der Waals surface area contributed by atoms with Crippen molar-refractivity contribution in [3.63, 3.8) is 0 Å². The summed E-state index contributed by atoms with van der Waals surface area (Å²) in [6, 6.07) is 0.341. The number of piperidine rings is 1. The van der Waals surface area contributed by atoms with Gasteiger partial charge in [-0.05, 0) is 39.0 Å². The summed E-state index contributed by atoms with van der Waals surface area (Å²) in [4.78, 5) is 16.1. The molecule has 1 aliphatic heterocycles. The van der Waals surface area contributed by atoms with E-state index < -0.39 is 0 Å². The van der Waals surface area contributed by atoms with Gasteiger partial charge in [0, 0.05) is 32.3 Å². The van der Waals surface area contributed by atoms with Gasteiger partial charge in [-0.3, -0.25) is 0 Å². The predicted octanol–water partition coefficient (Wildman–Crippen LogP) is 1.93. The number of aliphatic hydroxyl groups excluding tert-OH is 1. The Bertz CT molecular complexity index is 236. The van der Waals surface area contributed by atoms with Crippen molar-refractivity contribution in [2.24, 2.45) is 5.92 Å². The van der Waals surface area contributed by atoms with Crippen LogP contribution in [0.5, 0.6) is 0 Å². The third kappa shape index (κ3) is 4.19. The van der Waals surface area contributed by atoms with Crippen molar-refractivity contribution in [1.82, 2.24) is 9.80 Å². The second kappa shape index (κ2) is 6.84. The number of hydrogen-bond acceptors (Lipinski definition) is 2. The minimum Gasteiger partial charge on any atom is -0.396 e. The van der Waals surface area contributed by atoms with Crippen LogP contribution in [0.4, 0.5) is 4.79 Å². The molecule has 0 bridgehead atoms. The Balaban J connectivity index is 2.52. The molecule has 2 amide bonds. The van der Waals surface area contributed by atoms with E-state index in [-0.39, 0.29) is 18.7 Å². The van der Waals surface area contributed by atoms with Gasteiger partial charge in [0.2, 0.25) is 0 Å². The molecular weight excluding hydrogens is 216 g/mol. The lowest BCUT2D eigenvalue weighted by atomic mass is 9.99. The number of rotatable bonds is 4. The fraction of sp³-hybridized carbons (Fsp3) is 0.923. The maximum atomic E-state index is 12.3. The van der Waals surface area contributed by atoms with Gasteiger partial charge in [0.15, 0.2) is 0 Å². The highest BCUT2D eigenvalue weighted by atomic mass is 16.3. The van der Waals surface area contributed by atoms with Gasteiger partial charge >= 0.3 is 6.03 Å². The molecule has 4 nitrogen and oxygen atoms in total. The topological polar surface area (TPSA) is 43.8 Å². The molecule has 0 aromatic heterocycles. The lowest BCUT2D eigenvalue weighted by Gasteiger charge is -2.36. The van der Waals surface area contributed by atoms with Crippen LogP contribution in [0.15, 0.2) is 0 Å². The third-order valence-corrected chi connectivity index (χ3v) is 3.48. The SMILES string of the molecule is CC1CCN(C(=O)N(CCCO)C(C)C)CC1. The average molecular weight is 242 g/mol. The molecule has 1 fully saturated rings. The molecule has 0 spiro atoms. The molecule has 1 heterocycles. The Morgan fingerprint density at radius 1 is 1.41 bits per heavy atom. The maximum absolute atomic E-state index is 12.3. The van der Waals surface area contributed by atoms with Gasteiger partial charge in [-0.1, -0.05) is 6.92 Å². The first-order chi connectivity index (χ1) is 8.06. The van der Waals surface area contributed by atoms with E-state index in [9.17, 15) is 4.79 Å². The van der Waals surface area contributed by atoms with Crippen molar-refractivity contribution in [3.05, 3.63) is 0 Å². The van der Waals surface area contributed by atoms with Crippen molar-refractivity contribution < 1.29 is 9.90 Å². The highest BCUT2D eigenvalue weighted by Gasteiger charge is 2.25. The molecule has 1 aliphatic rings. The van der Waals surface area contributed by atoms with E-state index in [4.69, 9.17) is 5.11 Å². The lowest BCUT2D eigenvalue weighted by molar-refractivity contribution is 0.120. The maximum Gasteiger partial charge on any atom is 0.320 e. The van der Waals surface area contributed by atoms with Gasteiger partial charge in [0.1, 0.15) is 0 Å². The largest absolute Gasteiger partial charge is 0.396 e. The average Bonchev–Trinajstić information content (AvgIpc) is 2.29. The van der Waals surface area contributed by atoms with E-state index in [1.165, 1.54) is 0 Å². The second-order valence-electron chi connectivity index (χ2n) is 5.32. The summed E-state index contributed by atoms with van der Waals surface area (Å²) < 4.78 is 0.